The molecule has 0 aromatic heterocycles. The van der Waals surface area contributed by atoms with Crippen LogP contribution in [0.5, 0.6) is 0 Å². The van der Waals surface area contributed by atoms with Gasteiger partial charge in [-0.15, -0.1) is 0 Å². The lowest BCUT2D eigenvalue weighted by Crippen LogP contribution is -2.49. The molecule has 1 unspecified atom stereocenters. The van der Waals surface area contributed by atoms with Crippen molar-refractivity contribution in [3.05, 3.63) is 0 Å². The van der Waals surface area contributed by atoms with Gasteiger partial charge in [-0.3, -0.25) is 4.90 Å². The van der Waals surface area contributed by atoms with E-state index < -0.39 is 0 Å². The van der Waals surface area contributed by atoms with Crippen molar-refractivity contribution >= 4 is 0 Å². The summed E-state index contributed by atoms with van der Waals surface area (Å²) in [6.45, 7) is 5.02. The third kappa shape index (κ3) is 1.97. The lowest BCUT2D eigenvalue weighted by molar-refractivity contribution is 0.00139. The third-order valence-electron chi connectivity index (χ3n) is 2.68. The lowest BCUT2D eigenvalue weighted by atomic mass is 10.1. The zero-order valence-electron chi connectivity index (χ0n) is 7.54. The Balaban J connectivity index is 1.80. The summed E-state index contributed by atoms with van der Waals surface area (Å²) in [4.78, 5) is 2.46. The summed E-state index contributed by atoms with van der Waals surface area (Å²) in [5, 5.41) is 4.62. The van der Waals surface area contributed by atoms with E-state index in [0.29, 0.717) is 6.17 Å². The van der Waals surface area contributed by atoms with Gasteiger partial charge in [0.05, 0.1) is 19.4 Å². The van der Waals surface area contributed by atoms with Gasteiger partial charge in [0.2, 0.25) is 0 Å². The molecule has 0 aromatic carbocycles. The van der Waals surface area contributed by atoms with Gasteiger partial charge in [0.25, 0.3) is 0 Å². The molecule has 2 aliphatic rings. The zero-order chi connectivity index (χ0) is 8.23. The molecule has 0 saturated carbocycles. The minimum absolute atomic E-state index is 0.516. The number of piperidine rings is 1. The molecule has 0 bridgehead atoms. The first-order chi connectivity index (χ1) is 5.97. The molecule has 2 aliphatic heterocycles. The Labute approximate surface area is 74.1 Å². The van der Waals surface area contributed by atoms with Crippen LogP contribution < -0.4 is 5.32 Å². The minimum Gasteiger partial charge on any atom is -0.379 e. The molecule has 2 saturated heterocycles. The first-order valence-corrected chi connectivity index (χ1v) is 4.95. The van der Waals surface area contributed by atoms with Gasteiger partial charge in [0, 0.05) is 19.6 Å². The molecule has 1 atom stereocenters. The summed E-state index contributed by atoms with van der Waals surface area (Å²) < 4.78 is 5.31. The fourth-order valence-corrected chi connectivity index (χ4v) is 1.94. The molecule has 2 rings (SSSR count). The van der Waals surface area contributed by atoms with Crippen LogP contribution in [0.4, 0.5) is 0 Å². The lowest BCUT2D eigenvalue weighted by Gasteiger charge is -2.36. The van der Waals surface area contributed by atoms with Gasteiger partial charge in [0.15, 0.2) is 0 Å². The zero-order valence-corrected chi connectivity index (χ0v) is 7.54. The van der Waals surface area contributed by atoms with Crippen LogP contribution in [0.15, 0.2) is 0 Å². The Bertz CT molecular complexity index is 112. The molecule has 2 fully saturated rings. The fraction of sp³-hybridized carbons (Fsp3) is 1.00. The first-order valence-electron chi connectivity index (χ1n) is 4.95. The van der Waals surface area contributed by atoms with E-state index in [-0.39, 0.29) is 0 Å². The van der Waals surface area contributed by atoms with Gasteiger partial charge in [-0.2, -0.15) is 0 Å². The molecule has 0 spiro atoms. The van der Waals surface area contributed by atoms with Crippen LogP contribution in [0.3, 0.4) is 0 Å². The Kier molecular flexibility index (Phi) is 2.98. The predicted octanol–water partition coefficient (Wildman–Crippen LogP) is 0.433. The Morgan fingerprint density at radius 1 is 1.17 bits per heavy atom. The van der Waals surface area contributed by atoms with Crippen LogP contribution in [0.25, 0.3) is 0 Å². The SMILES string of the molecule is C1CCC(N2CCOCC2)[N]C1. The average Bonchev–Trinajstić information content (AvgIpc) is 2.21. The first kappa shape index (κ1) is 8.48. The summed E-state index contributed by atoms with van der Waals surface area (Å²) in [7, 11) is 0. The van der Waals surface area contributed by atoms with Gasteiger partial charge < -0.3 is 4.74 Å². The Hall–Kier alpha value is -0.120. The molecule has 3 heteroatoms. The maximum absolute atomic E-state index is 5.31. The van der Waals surface area contributed by atoms with Crippen molar-refractivity contribution < 1.29 is 4.74 Å². The maximum Gasteiger partial charge on any atom is 0.0762 e. The van der Waals surface area contributed by atoms with Gasteiger partial charge in [0.1, 0.15) is 0 Å². The molecule has 1 radical (unpaired) electrons. The molecule has 0 aromatic rings. The van der Waals surface area contributed by atoms with E-state index in [1.165, 1.54) is 19.3 Å². The fourth-order valence-electron chi connectivity index (χ4n) is 1.94. The van der Waals surface area contributed by atoms with Crippen molar-refractivity contribution in [1.29, 1.82) is 0 Å². The number of morpholine rings is 1. The summed E-state index contributed by atoms with van der Waals surface area (Å²) in [5.41, 5.74) is 0. The molecule has 0 N–H and O–H groups in total. The van der Waals surface area contributed by atoms with Crippen molar-refractivity contribution in [2.24, 2.45) is 0 Å². The van der Waals surface area contributed by atoms with E-state index in [9.17, 15) is 0 Å². The Morgan fingerprint density at radius 2 is 2.00 bits per heavy atom. The highest BCUT2D eigenvalue weighted by atomic mass is 16.5. The molecule has 69 valence electrons. The van der Waals surface area contributed by atoms with Crippen molar-refractivity contribution in [3.63, 3.8) is 0 Å². The summed E-state index contributed by atoms with van der Waals surface area (Å²) in [6.07, 6.45) is 4.43. The molecule has 0 amide bonds. The second-order valence-corrected chi connectivity index (χ2v) is 3.53. The number of nitrogens with zero attached hydrogens (tertiary/aromatic N) is 2. The molecule has 0 aliphatic carbocycles. The largest absolute Gasteiger partial charge is 0.379 e. The van der Waals surface area contributed by atoms with E-state index in [1.807, 2.05) is 0 Å². The second-order valence-electron chi connectivity index (χ2n) is 3.53. The van der Waals surface area contributed by atoms with E-state index in [4.69, 9.17) is 4.74 Å². The van der Waals surface area contributed by atoms with Crippen LogP contribution >= 0.6 is 0 Å². The summed E-state index contributed by atoms with van der Waals surface area (Å²) >= 11 is 0. The van der Waals surface area contributed by atoms with Gasteiger partial charge in [-0.1, -0.05) is 0 Å². The predicted molar refractivity (Wildman–Crippen MR) is 47.0 cm³/mol. The van der Waals surface area contributed by atoms with Crippen molar-refractivity contribution in [2.45, 2.75) is 25.4 Å². The van der Waals surface area contributed by atoms with Gasteiger partial charge >= 0.3 is 0 Å². The van der Waals surface area contributed by atoms with Crippen LogP contribution in [0.1, 0.15) is 19.3 Å². The molecule has 12 heavy (non-hydrogen) atoms. The minimum atomic E-state index is 0.516. The summed E-state index contributed by atoms with van der Waals surface area (Å²) in [5.74, 6) is 0. The maximum atomic E-state index is 5.31. The van der Waals surface area contributed by atoms with E-state index in [2.05, 4.69) is 10.2 Å². The van der Waals surface area contributed by atoms with Crippen molar-refractivity contribution in [3.8, 4) is 0 Å². The van der Waals surface area contributed by atoms with Crippen LogP contribution in [0, 0.1) is 0 Å². The van der Waals surface area contributed by atoms with Crippen molar-refractivity contribution in [1.82, 2.24) is 10.2 Å². The number of ether oxygens (including phenoxy) is 1. The number of hydrogen-bond acceptors (Lipinski definition) is 2. The van der Waals surface area contributed by atoms with Crippen LogP contribution in [-0.2, 0) is 4.74 Å². The Morgan fingerprint density at radius 3 is 2.67 bits per heavy atom. The van der Waals surface area contributed by atoms with E-state index >= 15 is 0 Å². The van der Waals surface area contributed by atoms with Gasteiger partial charge in [-0.05, 0) is 19.3 Å². The normalized spacial score (nSPS) is 33.5. The summed E-state index contributed by atoms with van der Waals surface area (Å²) in [6, 6.07) is 0. The average molecular weight is 169 g/mol. The number of hydrogen-bond donors (Lipinski definition) is 0. The second kappa shape index (κ2) is 4.21. The molecular weight excluding hydrogens is 152 g/mol. The highest BCUT2D eigenvalue weighted by Crippen LogP contribution is 2.13. The number of rotatable bonds is 1. The van der Waals surface area contributed by atoms with Crippen LogP contribution in [-0.4, -0.2) is 43.9 Å². The topological polar surface area (TPSA) is 26.6 Å². The van der Waals surface area contributed by atoms with Crippen LogP contribution in [0.2, 0.25) is 0 Å². The standard InChI is InChI=1S/C9H17N2O/c1-2-4-10-9(3-1)11-5-7-12-8-6-11/h9H,1-8H2. The molecule has 2 heterocycles. The van der Waals surface area contributed by atoms with Gasteiger partial charge in [-0.25, -0.2) is 5.32 Å². The smallest absolute Gasteiger partial charge is 0.0762 e. The van der Waals surface area contributed by atoms with E-state index in [0.717, 1.165) is 32.8 Å². The monoisotopic (exact) mass is 169 g/mol. The van der Waals surface area contributed by atoms with Crippen molar-refractivity contribution in [2.75, 3.05) is 32.8 Å². The highest BCUT2D eigenvalue weighted by molar-refractivity contribution is 4.75. The highest BCUT2D eigenvalue weighted by Gasteiger charge is 2.22. The quantitative estimate of drug-likeness (QED) is 0.569. The third-order valence-corrected chi connectivity index (χ3v) is 2.68. The van der Waals surface area contributed by atoms with E-state index in [1.54, 1.807) is 0 Å². The molecule has 3 nitrogen and oxygen atoms in total. The molecular formula is C9H17N2O.